The summed E-state index contributed by atoms with van der Waals surface area (Å²) in [7, 11) is -4.01. The van der Waals surface area contributed by atoms with Gasteiger partial charge in [0, 0.05) is 0 Å². The number of hydrogen-bond acceptors (Lipinski definition) is 3. The topological polar surface area (TPSA) is 89.3 Å². The first-order valence-electron chi connectivity index (χ1n) is 5.89. The van der Waals surface area contributed by atoms with Crippen LogP contribution in [0, 0.1) is 18.2 Å². The number of nitrogens with two attached hydrogens (primary N) is 1. The van der Waals surface area contributed by atoms with E-state index < -0.39 is 32.7 Å². The number of hydrogen-bond donors (Lipinski definition) is 2. The number of benzene rings is 1. The molecule has 7 heteroatoms. The zero-order chi connectivity index (χ0) is 15.3. The molecule has 1 aromatic carbocycles. The van der Waals surface area contributed by atoms with Gasteiger partial charge in [-0.15, -0.1) is 6.42 Å². The Morgan fingerprint density at radius 2 is 2.20 bits per heavy atom. The molecule has 3 N–H and O–H groups in total. The van der Waals surface area contributed by atoms with Gasteiger partial charge in [0.2, 0.25) is 10.0 Å². The van der Waals surface area contributed by atoms with Crippen molar-refractivity contribution < 1.29 is 17.6 Å². The summed E-state index contributed by atoms with van der Waals surface area (Å²) in [5.74, 6) is 0.723. The first-order chi connectivity index (χ1) is 9.29. The molecule has 1 aromatic rings. The quantitative estimate of drug-likeness (QED) is 0.795. The average molecular weight is 298 g/mol. The van der Waals surface area contributed by atoms with Crippen molar-refractivity contribution in [2.45, 2.75) is 30.7 Å². The summed E-state index contributed by atoms with van der Waals surface area (Å²) in [4.78, 5) is 11.4. The molecular formula is C13H15FN2O3S. The zero-order valence-electron chi connectivity index (χ0n) is 10.9. The minimum Gasteiger partial charge on any atom is -0.338 e. The van der Waals surface area contributed by atoms with Gasteiger partial charge in [-0.1, -0.05) is 19.3 Å². The molecule has 0 saturated heterocycles. The lowest BCUT2D eigenvalue weighted by Crippen LogP contribution is -2.34. The number of carbonyl (C=O) groups excluding carboxylic acids is 1. The average Bonchev–Trinajstić information content (AvgIpc) is 2.36. The van der Waals surface area contributed by atoms with E-state index in [1.165, 1.54) is 0 Å². The Morgan fingerprint density at radius 1 is 1.55 bits per heavy atom. The highest BCUT2D eigenvalue weighted by molar-refractivity contribution is 7.89. The van der Waals surface area contributed by atoms with Crippen LogP contribution in [-0.2, 0) is 10.0 Å². The minimum atomic E-state index is -4.01. The summed E-state index contributed by atoms with van der Waals surface area (Å²) in [6.07, 6.45) is 6.58. The van der Waals surface area contributed by atoms with Gasteiger partial charge < -0.3 is 5.32 Å². The Hall–Kier alpha value is -1.91. The number of halogens is 1. The predicted molar refractivity (Wildman–Crippen MR) is 72.8 cm³/mol. The lowest BCUT2D eigenvalue weighted by molar-refractivity contribution is 0.0940. The van der Waals surface area contributed by atoms with Gasteiger partial charge in [0.1, 0.15) is 5.82 Å². The molecule has 20 heavy (non-hydrogen) atoms. The third-order valence-electron chi connectivity index (χ3n) is 2.60. The first kappa shape index (κ1) is 16.1. The zero-order valence-corrected chi connectivity index (χ0v) is 11.7. The first-order valence-corrected chi connectivity index (χ1v) is 7.43. The third kappa shape index (κ3) is 4.05. The molecule has 0 aliphatic rings. The van der Waals surface area contributed by atoms with Crippen LogP contribution in [-0.4, -0.2) is 20.4 Å². The fourth-order valence-corrected chi connectivity index (χ4v) is 2.10. The second-order valence-corrected chi connectivity index (χ2v) is 5.73. The number of rotatable bonds is 5. The summed E-state index contributed by atoms with van der Waals surface area (Å²) in [6, 6.07) is 2.33. The SMILES string of the molecule is C#CC(CCC)NC(=O)c1ccc(S(N)(=O)=O)cc1F. The number of nitrogens with one attached hydrogen (secondary N) is 1. The number of amides is 1. The van der Waals surface area contributed by atoms with Crippen molar-refractivity contribution in [3.05, 3.63) is 29.6 Å². The maximum absolute atomic E-state index is 13.7. The van der Waals surface area contributed by atoms with Crippen LogP contribution in [0.4, 0.5) is 4.39 Å². The summed E-state index contributed by atoms with van der Waals surface area (Å²) in [6.45, 7) is 1.90. The van der Waals surface area contributed by atoms with Crippen LogP contribution in [0.25, 0.3) is 0 Å². The van der Waals surface area contributed by atoms with Crippen LogP contribution in [0.3, 0.4) is 0 Å². The molecule has 5 nitrogen and oxygen atoms in total. The van der Waals surface area contributed by atoms with Gasteiger partial charge in [-0.05, 0) is 24.6 Å². The number of primary sulfonamides is 1. The second kappa shape index (κ2) is 6.50. The predicted octanol–water partition coefficient (Wildman–Crippen LogP) is 1.00. The molecule has 0 radical (unpaired) electrons. The van der Waals surface area contributed by atoms with Gasteiger partial charge in [0.05, 0.1) is 16.5 Å². The van der Waals surface area contributed by atoms with E-state index in [1.54, 1.807) is 0 Å². The third-order valence-corrected chi connectivity index (χ3v) is 3.51. The molecule has 108 valence electrons. The van der Waals surface area contributed by atoms with Gasteiger partial charge >= 0.3 is 0 Å². The van der Waals surface area contributed by atoms with E-state index in [-0.39, 0.29) is 5.56 Å². The lowest BCUT2D eigenvalue weighted by atomic mass is 10.1. The Balaban J connectivity index is 2.98. The van der Waals surface area contributed by atoms with Crippen molar-refractivity contribution in [1.82, 2.24) is 5.32 Å². The van der Waals surface area contributed by atoms with Gasteiger partial charge in [-0.25, -0.2) is 17.9 Å². The molecule has 0 bridgehead atoms. The fourth-order valence-electron chi connectivity index (χ4n) is 1.58. The maximum Gasteiger partial charge on any atom is 0.255 e. The Labute approximate surface area is 117 Å². The van der Waals surface area contributed by atoms with E-state index in [4.69, 9.17) is 11.6 Å². The Morgan fingerprint density at radius 3 is 2.65 bits per heavy atom. The van der Waals surface area contributed by atoms with Crippen LogP contribution >= 0.6 is 0 Å². The van der Waals surface area contributed by atoms with E-state index in [0.717, 1.165) is 18.6 Å². The summed E-state index contributed by atoms with van der Waals surface area (Å²) >= 11 is 0. The molecule has 0 heterocycles. The van der Waals surface area contributed by atoms with E-state index >= 15 is 0 Å². The molecule has 1 amide bonds. The molecular weight excluding hydrogens is 283 g/mol. The van der Waals surface area contributed by atoms with Crippen LogP contribution < -0.4 is 10.5 Å². The van der Waals surface area contributed by atoms with Crippen molar-refractivity contribution in [3.63, 3.8) is 0 Å². The highest BCUT2D eigenvalue weighted by Crippen LogP contribution is 2.14. The standard InChI is InChI=1S/C13H15FN2O3S/c1-3-5-9(4-2)16-13(17)11-7-6-10(8-12(11)14)20(15,18)19/h2,6-9H,3,5H2,1H3,(H,16,17)(H2,15,18,19). The van der Waals surface area contributed by atoms with Crippen LogP contribution in [0.15, 0.2) is 23.1 Å². The molecule has 0 aliphatic heterocycles. The fraction of sp³-hybridized carbons (Fsp3) is 0.308. The normalized spacial score (nSPS) is 12.5. The second-order valence-electron chi connectivity index (χ2n) is 4.17. The van der Waals surface area contributed by atoms with Crippen LogP contribution in [0.1, 0.15) is 30.1 Å². The van der Waals surface area contributed by atoms with E-state index in [0.29, 0.717) is 12.5 Å². The highest BCUT2D eigenvalue weighted by atomic mass is 32.2. The summed E-state index contributed by atoms with van der Waals surface area (Å²) in [5, 5.41) is 7.36. The molecule has 1 atom stereocenters. The molecule has 0 fully saturated rings. The van der Waals surface area contributed by atoms with Gasteiger partial charge in [-0.2, -0.15) is 0 Å². The smallest absolute Gasteiger partial charge is 0.255 e. The van der Waals surface area contributed by atoms with Crippen LogP contribution in [0.2, 0.25) is 0 Å². The lowest BCUT2D eigenvalue weighted by Gasteiger charge is -2.12. The summed E-state index contributed by atoms with van der Waals surface area (Å²) < 4.78 is 35.9. The van der Waals surface area contributed by atoms with E-state index in [9.17, 15) is 17.6 Å². The number of terminal acetylenes is 1. The monoisotopic (exact) mass is 298 g/mol. The van der Waals surface area contributed by atoms with Crippen molar-refractivity contribution >= 4 is 15.9 Å². The highest BCUT2D eigenvalue weighted by Gasteiger charge is 2.17. The van der Waals surface area contributed by atoms with Crippen LogP contribution in [0.5, 0.6) is 0 Å². The largest absolute Gasteiger partial charge is 0.338 e. The molecule has 1 rings (SSSR count). The minimum absolute atomic E-state index is 0.284. The van der Waals surface area contributed by atoms with Crippen molar-refractivity contribution in [2.24, 2.45) is 5.14 Å². The Kier molecular flexibility index (Phi) is 5.25. The van der Waals surface area contributed by atoms with Crippen molar-refractivity contribution in [3.8, 4) is 12.3 Å². The number of sulfonamides is 1. The van der Waals surface area contributed by atoms with Gasteiger partial charge in [-0.3, -0.25) is 4.79 Å². The maximum atomic E-state index is 13.7. The van der Waals surface area contributed by atoms with E-state index in [2.05, 4.69) is 11.2 Å². The molecule has 1 unspecified atom stereocenters. The molecule has 0 spiro atoms. The number of carbonyl (C=O) groups is 1. The molecule has 0 aliphatic carbocycles. The molecule has 0 saturated carbocycles. The van der Waals surface area contributed by atoms with E-state index in [1.807, 2.05) is 6.92 Å². The molecule has 0 aromatic heterocycles. The van der Waals surface area contributed by atoms with Crippen molar-refractivity contribution in [1.29, 1.82) is 0 Å². The van der Waals surface area contributed by atoms with Crippen molar-refractivity contribution in [2.75, 3.05) is 0 Å². The van der Waals surface area contributed by atoms with Gasteiger partial charge in [0.25, 0.3) is 5.91 Å². The van der Waals surface area contributed by atoms with Gasteiger partial charge in [0.15, 0.2) is 0 Å². The summed E-state index contributed by atoms with van der Waals surface area (Å²) in [5.41, 5.74) is -0.284. The Bertz CT molecular complexity index is 650.